The maximum Gasteiger partial charge on any atom is 0.339 e. The van der Waals surface area contributed by atoms with E-state index in [2.05, 4.69) is 5.32 Å². The van der Waals surface area contributed by atoms with Gasteiger partial charge in [-0.15, -0.1) is 0 Å². The molecule has 5 nitrogen and oxygen atoms in total. The van der Waals surface area contributed by atoms with Crippen molar-refractivity contribution in [1.29, 1.82) is 0 Å². The van der Waals surface area contributed by atoms with E-state index in [0.29, 0.717) is 0 Å². The summed E-state index contributed by atoms with van der Waals surface area (Å²) in [5.74, 6) is -1.68. The number of amides is 1. The Kier molecular flexibility index (Phi) is 5.20. The van der Waals surface area contributed by atoms with Gasteiger partial charge in [0, 0.05) is 6.04 Å². The first kappa shape index (κ1) is 15.8. The molecule has 0 aromatic heterocycles. The van der Waals surface area contributed by atoms with Crippen LogP contribution in [0, 0.1) is 5.92 Å². The maximum absolute atomic E-state index is 12.4. The summed E-state index contributed by atoms with van der Waals surface area (Å²) in [6, 6.07) is 4.45. The Hall–Kier alpha value is -1.59. The Morgan fingerprint density at radius 3 is 2.67 bits per heavy atom. The molecule has 0 saturated heterocycles. The smallest absolute Gasteiger partial charge is 0.339 e. The van der Waals surface area contributed by atoms with E-state index in [0.717, 1.165) is 32.1 Å². The number of nitrogens with one attached hydrogen (secondary N) is 1. The summed E-state index contributed by atoms with van der Waals surface area (Å²) in [6.45, 7) is 0. The van der Waals surface area contributed by atoms with Crippen LogP contribution in [0.2, 0.25) is 5.02 Å². The van der Waals surface area contributed by atoms with E-state index >= 15 is 0 Å². The van der Waals surface area contributed by atoms with Crippen molar-refractivity contribution in [2.75, 3.05) is 5.32 Å². The lowest BCUT2D eigenvalue weighted by molar-refractivity contribution is -0.120. The van der Waals surface area contributed by atoms with Crippen molar-refractivity contribution in [2.45, 2.75) is 38.1 Å². The first-order valence-corrected chi connectivity index (χ1v) is 7.46. The molecular weight excluding hydrogens is 292 g/mol. The topological polar surface area (TPSA) is 92.4 Å². The molecular formula is C15H19ClN2O3. The molecule has 0 heterocycles. The predicted octanol–water partition coefficient (Wildman–Crippen LogP) is 2.88. The quantitative estimate of drug-likeness (QED) is 0.748. The fraction of sp³-hybridized carbons (Fsp3) is 0.467. The zero-order valence-electron chi connectivity index (χ0n) is 11.6. The molecule has 1 amide bonds. The first-order chi connectivity index (χ1) is 10.0. The minimum absolute atomic E-state index is 0.0882. The van der Waals surface area contributed by atoms with Crippen LogP contribution in [0.25, 0.3) is 0 Å². The zero-order chi connectivity index (χ0) is 15.4. The summed E-state index contributed by atoms with van der Waals surface area (Å²) >= 11 is 5.89. The van der Waals surface area contributed by atoms with Gasteiger partial charge in [0.05, 0.1) is 16.6 Å². The summed E-state index contributed by atoms with van der Waals surface area (Å²) in [5.41, 5.74) is 6.19. The van der Waals surface area contributed by atoms with Crippen molar-refractivity contribution in [3.05, 3.63) is 28.8 Å². The van der Waals surface area contributed by atoms with Gasteiger partial charge in [0.2, 0.25) is 5.91 Å². The lowest BCUT2D eigenvalue weighted by atomic mass is 9.94. The molecule has 1 saturated carbocycles. The van der Waals surface area contributed by atoms with Crippen molar-refractivity contribution in [1.82, 2.24) is 0 Å². The number of carbonyl (C=O) groups excluding carboxylic acids is 1. The van der Waals surface area contributed by atoms with Crippen molar-refractivity contribution < 1.29 is 14.7 Å². The minimum Gasteiger partial charge on any atom is -0.478 e. The van der Waals surface area contributed by atoms with Crippen LogP contribution >= 0.6 is 11.6 Å². The van der Waals surface area contributed by atoms with Crippen molar-refractivity contribution in [2.24, 2.45) is 11.7 Å². The Balaban J connectivity index is 2.19. The number of carboxylic acids is 1. The van der Waals surface area contributed by atoms with Gasteiger partial charge in [-0.3, -0.25) is 4.79 Å². The molecule has 0 aliphatic heterocycles. The summed E-state index contributed by atoms with van der Waals surface area (Å²) in [5, 5.41) is 12.0. The molecule has 2 atom stereocenters. The van der Waals surface area contributed by atoms with Crippen LogP contribution in [0.3, 0.4) is 0 Å². The third-order valence-electron chi connectivity index (χ3n) is 3.89. The predicted molar refractivity (Wildman–Crippen MR) is 81.6 cm³/mol. The van der Waals surface area contributed by atoms with Gasteiger partial charge >= 0.3 is 5.97 Å². The Labute approximate surface area is 128 Å². The van der Waals surface area contributed by atoms with Gasteiger partial charge in [-0.1, -0.05) is 36.9 Å². The van der Waals surface area contributed by atoms with Gasteiger partial charge in [0.25, 0.3) is 0 Å². The van der Waals surface area contributed by atoms with Crippen LogP contribution in [0.1, 0.15) is 42.5 Å². The number of hydrogen-bond donors (Lipinski definition) is 3. The average Bonchev–Trinajstić information content (AvgIpc) is 2.63. The molecule has 2 unspecified atom stereocenters. The van der Waals surface area contributed by atoms with Gasteiger partial charge in [0.1, 0.15) is 5.56 Å². The van der Waals surface area contributed by atoms with Gasteiger partial charge in [-0.05, 0) is 25.0 Å². The minimum atomic E-state index is -1.17. The number of halogens is 1. The average molecular weight is 311 g/mol. The molecule has 0 bridgehead atoms. The lowest BCUT2D eigenvalue weighted by Crippen LogP contribution is -2.38. The lowest BCUT2D eigenvalue weighted by Gasteiger charge is -2.21. The van der Waals surface area contributed by atoms with Gasteiger partial charge < -0.3 is 16.2 Å². The zero-order valence-corrected chi connectivity index (χ0v) is 12.4. The molecule has 1 aliphatic carbocycles. The van der Waals surface area contributed by atoms with Crippen LogP contribution in [0.15, 0.2) is 18.2 Å². The Morgan fingerprint density at radius 2 is 1.95 bits per heavy atom. The van der Waals surface area contributed by atoms with E-state index in [1.807, 2.05) is 0 Å². The van der Waals surface area contributed by atoms with E-state index in [4.69, 9.17) is 17.3 Å². The van der Waals surface area contributed by atoms with E-state index in [-0.39, 0.29) is 34.1 Å². The van der Waals surface area contributed by atoms with Gasteiger partial charge in [-0.2, -0.15) is 0 Å². The van der Waals surface area contributed by atoms with E-state index < -0.39 is 5.97 Å². The maximum atomic E-state index is 12.4. The first-order valence-electron chi connectivity index (χ1n) is 7.09. The van der Waals surface area contributed by atoms with Crippen LogP contribution < -0.4 is 11.1 Å². The number of hydrogen-bond acceptors (Lipinski definition) is 3. The van der Waals surface area contributed by atoms with Crippen LogP contribution in [0.5, 0.6) is 0 Å². The Morgan fingerprint density at radius 1 is 1.24 bits per heavy atom. The van der Waals surface area contributed by atoms with Crippen molar-refractivity contribution in [3.8, 4) is 0 Å². The van der Waals surface area contributed by atoms with Crippen molar-refractivity contribution in [3.63, 3.8) is 0 Å². The monoisotopic (exact) mass is 310 g/mol. The third-order valence-corrected chi connectivity index (χ3v) is 4.21. The fourth-order valence-corrected chi connectivity index (χ4v) is 2.99. The number of benzene rings is 1. The van der Waals surface area contributed by atoms with Crippen LogP contribution in [-0.4, -0.2) is 23.0 Å². The second-order valence-corrected chi connectivity index (χ2v) is 5.77. The van der Waals surface area contributed by atoms with Gasteiger partial charge in [-0.25, -0.2) is 4.79 Å². The molecule has 2 rings (SSSR count). The highest BCUT2D eigenvalue weighted by atomic mass is 35.5. The second-order valence-electron chi connectivity index (χ2n) is 5.37. The Bertz CT molecular complexity index is 548. The molecule has 1 aromatic carbocycles. The molecule has 0 spiro atoms. The van der Waals surface area contributed by atoms with E-state index in [1.54, 1.807) is 6.07 Å². The van der Waals surface area contributed by atoms with Crippen LogP contribution in [0.4, 0.5) is 5.69 Å². The van der Waals surface area contributed by atoms with E-state index in [1.165, 1.54) is 12.1 Å². The number of aromatic carboxylic acids is 1. The summed E-state index contributed by atoms with van der Waals surface area (Å²) in [7, 11) is 0. The molecule has 4 N–H and O–H groups in total. The molecule has 1 aliphatic rings. The number of carbonyl (C=O) groups is 2. The second kappa shape index (κ2) is 6.91. The molecule has 6 heteroatoms. The van der Waals surface area contributed by atoms with Gasteiger partial charge in [0.15, 0.2) is 0 Å². The number of anilines is 1. The summed E-state index contributed by atoms with van der Waals surface area (Å²) in [6.07, 6.45) is 4.63. The molecule has 1 fully saturated rings. The molecule has 21 heavy (non-hydrogen) atoms. The molecule has 0 radical (unpaired) electrons. The molecule has 1 aromatic rings. The largest absolute Gasteiger partial charge is 0.478 e. The van der Waals surface area contributed by atoms with Crippen molar-refractivity contribution >= 4 is 29.2 Å². The number of carboxylic acid groups (broad SMARTS) is 1. The number of nitrogens with two attached hydrogens (primary N) is 1. The SMILES string of the molecule is NC1CCCCCC1C(=O)Nc1cccc(Cl)c1C(=O)O. The standard InChI is InChI=1S/C15H19ClN2O3/c16-10-6-4-8-12(13(10)15(20)21)18-14(19)9-5-2-1-3-7-11(9)17/h4,6,8-9,11H,1-3,5,7,17H2,(H,18,19)(H,20,21). The highest BCUT2D eigenvalue weighted by molar-refractivity contribution is 6.34. The highest BCUT2D eigenvalue weighted by Gasteiger charge is 2.28. The third kappa shape index (κ3) is 3.74. The fourth-order valence-electron chi connectivity index (χ4n) is 2.73. The van der Waals surface area contributed by atoms with Crippen LogP contribution in [-0.2, 0) is 4.79 Å². The highest BCUT2D eigenvalue weighted by Crippen LogP contribution is 2.27. The molecule has 114 valence electrons. The normalized spacial score (nSPS) is 22.4. The van der Waals surface area contributed by atoms with E-state index in [9.17, 15) is 14.7 Å². The summed E-state index contributed by atoms with van der Waals surface area (Å²) in [4.78, 5) is 23.6. The summed E-state index contributed by atoms with van der Waals surface area (Å²) < 4.78 is 0. The number of rotatable bonds is 3.